The van der Waals surface area contributed by atoms with Gasteiger partial charge in [0.1, 0.15) is 6.61 Å². The summed E-state index contributed by atoms with van der Waals surface area (Å²) in [6, 6.07) is 9.96. The molecule has 0 aliphatic carbocycles. The zero-order valence-corrected chi connectivity index (χ0v) is 9.40. The van der Waals surface area contributed by atoms with Crippen LogP contribution in [0.2, 0.25) is 0 Å². The fourth-order valence-corrected chi connectivity index (χ4v) is 1.48. The maximum atomic E-state index is 10.7. The van der Waals surface area contributed by atoms with Gasteiger partial charge in [-0.25, -0.2) is 0 Å². The summed E-state index contributed by atoms with van der Waals surface area (Å²) in [6.45, 7) is 1.72. The molecule has 0 fully saturated rings. The van der Waals surface area contributed by atoms with Crippen molar-refractivity contribution in [2.75, 3.05) is 0 Å². The fourth-order valence-electron chi connectivity index (χ4n) is 1.48. The van der Waals surface area contributed by atoms with Crippen LogP contribution in [-0.4, -0.2) is 5.97 Å². The highest BCUT2D eigenvalue weighted by molar-refractivity contribution is 5.65. The zero-order valence-electron chi connectivity index (χ0n) is 9.40. The third-order valence-corrected chi connectivity index (χ3v) is 2.28. The molecule has 0 unspecified atom stereocenters. The van der Waals surface area contributed by atoms with E-state index in [1.807, 2.05) is 24.3 Å². The van der Waals surface area contributed by atoms with Crippen LogP contribution in [0, 0.1) is 11.3 Å². The Hall–Kier alpha value is -1.82. The van der Waals surface area contributed by atoms with Gasteiger partial charge in [-0.05, 0) is 24.0 Å². The van der Waals surface area contributed by atoms with Gasteiger partial charge >= 0.3 is 5.97 Å². The molecule has 0 aliphatic heterocycles. The van der Waals surface area contributed by atoms with Crippen LogP contribution in [0.25, 0.3) is 0 Å². The Balaban J connectivity index is 2.60. The minimum Gasteiger partial charge on any atom is -0.461 e. The van der Waals surface area contributed by atoms with Gasteiger partial charge in [0.05, 0.1) is 6.07 Å². The minimum absolute atomic E-state index is 0.271. The minimum atomic E-state index is -0.271. The predicted octanol–water partition coefficient (Wildman–Crippen LogP) is 2.60. The maximum absolute atomic E-state index is 10.7. The van der Waals surface area contributed by atoms with Gasteiger partial charge in [-0.1, -0.05) is 24.3 Å². The Bertz CT molecular complexity index is 393. The number of ether oxygens (including phenoxy) is 1. The van der Waals surface area contributed by atoms with Gasteiger partial charge in [-0.2, -0.15) is 5.26 Å². The number of unbranched alkanes of at least 4 members (excludes halogenated alkanes) is 1. The summed E-state index contributed by atoms with van der Waals surface area (Å²) in [5, 5.41) is 8.47. The van der Waals surface area contributed by atoms with Crippen molar-refractivity contribution in [1.29, 1.82) is 5.26 Å². The van der Waals surface area contributed by atoms with Crippen LogP contribution in [0.1, 0.15) is 30.9 Å². The largest absolute Gasteiger partial charge is 0.461 e. The Morgan fingerprint density at radius 1 is 1.38 bits per heavy atom. The molecule has 0 aromatic heterocycles. The van der Waals surface area contributed by atoms with Crippen LogP contribution < -0.4 is 0 Å². The van der Waals surface area contributed by atoms with E-state index in [1.165, 1.54) is 6.92 Å². The van der Waals surface area contributed by atoms with Crippen molar-refractivity contribution >= 4 is 5.97 Å². The van der Waals surface area contributed by atoms with Crippen molar-refractivity contribution in [1.82, 2.24) is 0 Å². The van der Waals surface area contributed by atoms with Crippen LogP contribution in [0.5, 0.6) is 0 Å². The number of hydrogen-bond donors (Lipinski definition) is 0. The Morgan fingerprint density at radius 3 is 2.69 bits per heavy atom. The lowest BCUT2D eigenvalue weighted by molar-refractivity contribution is -0.142. The van der Waals surface area contributed by atoms with E-state index in [-0.39, 0.29) is 5.97 Å². The number of aryl methyl sites for hydroxylation is 1. The van der Waals surface area contributed by atoms with Gasteiger partial charge in [0, 0.05) is 13.3 Å². The summed E-state index contributed by atoms with van der Waals surface area (Å²) < 4.78 is 4.97. The molecule has 3 heteroatoms. The molecular weight excluding hydrogens is 202 g/mol. The average Bonchev–Trinajstić information content (AvgIpc) is 2.28. The number of carbonyl (C=O) groups is 1. The van der Waals surface area contributed by atoms with Crippen LogP contribution in [0.3, 0.4) is 0 Å². The number of benzene rings is 1. The normalized spacial score (nSPS) is 9.50. The van der Waals surface area contributed by atoms with Crippen molar-refractivity contribution in [3.63, 3.8) is 0 Å². The SMILES string of the molecule is CC(=O)OCc1ccccc1CCCC#N. The van der Waals surface area contributed by atoms with E-state index in [9.17, 15) is 4.79 Å². The third-order valence-electron chi connectivity index (χ3n) is 2.28. The number of hydrogen-bond acceptors (Lipinski definition) is 3. The van der Waals surface area contributed by atoms with Gasteiger partial charge < -0.3 is 4.74 Å². The first kappa shape index (κ1) is 12.3. The van der Waals surface area contributed by atoms with E-state index in [0.29, 0.717) is 13.0 Å². The first-order valence-electron chi connectivity index (χ1n) is 5.31. The Labute approximate surface area is 95.7 Å². The topological polar surface area (TPSA) is 50.1 Å². The second-order valence-corrected chi connectivity index (χ2v) is 3.56. The molecule has 16 heavy (non-hydrogen) atoms. The van der Waals surface area contributed by atoms with Crippen molar-refractivity contribution in [3.05, 3.63) is 35.4 Å². The molecule has 0 heterocycles. The van der Waals surface area contributed by atoms with Gasteiger partial charge in [-0.3, -0.25) is 4.79 Å². The molecule has 84 valence electrons. The molecule has 0 aliphatic rings. The van der Waals surface area contributed by atoms with Gasteiger partial charge in [0.25, 0.3) is 0 Å². The van der Waals surface area contributed by atoms with E-state index >= 15 is 0 Å². The summed E-state index contributed by atoms with van der Waals surface area (Å²) in [4.78, 5) is 10.7. The second-order valence-electron chi connectivity index (χ2n) is 3.56. The maximum Gasteiger partial charge on any atom is 0.302 e. The lowest BCUT2D eigenvalue weighted by Gasteiger charge is -2.08. The highest BCUT2D eigenvalue weighted by Crippen LogP contribution is 2.13. The van der Waals surface area contributed by atoms with Crippen LogP contribution in [0.4, 0.5) is 0 Å². The quantitative estimate of drug-likeness (QED) is 0.562. The zero-order chi connectivity index (χ0) is 11.8. The number of rotatable bonds is 5. The Kier molecular flexibility index (Phi) is 5.07. The first-order chi connectivity index (χ1) is 7.74. The summed E-state index contributed by atoms with van der Waals surface area (Å²) in [5.74, 6) is -0.271. The average molecular weight is 217 g/mol. The monoisotopic (exact) mass is 217 g/mol. The summed E-state index contributed by atoms with van der Waals surface area (Å²) in [7, 11) is 0. The number of nitriles is 1. The fraction of sp³-hybridized carbons (Fsp3) is 0.385. The summed E-state index contributed by atoms with van der Waals surface area (Å²) >= 11 is 0. The molecule has 1 aromatic carbocycles. The summed E-state index contributed by atoms with van der Waals surface area (Å²) in [6.07, 6.45) is 2.25. The number of carbonyl (C=O) groups excluding carboxylic acids is 1. The van der Waals surface area contributed by atoms with E-state index < -0.39 is 0 Å². The standard InChI is InChI=1S/C13H15NO2/c1-11(15)16-10-13-8-3-2-6-12(13)7-4-5-9-14/h2-3,6,8H,4-5,7,10H2,1H3. The van der Waals surface area contributed by atoms with E-state index in [0.717, 1.165) is 24.0 Å². The molecule has 0 spiro atoms. The van der Waals surface area contributed by atoms with Gasteiger partial charge in [0.2, 0.25) is 0 Å². The lowest BCUT2D eigenvalue weighted by Crippen LogP contribution is -2.02. The molecule has 0 N–H and O–H groups in total. The number of esters is 1. The number of nitrogens with zero attached hydrogens (tertiary/aromatic N) is 1. The van der Waals surface area contributed by atoms with E-state index in [2.05, 4.69) is 6.07 Å². The molecule has 3 nitrogen and oxygen atoms in total. The van der Waals surface area contributed by atoms with Crippen molar-refractivity contribution in [2.45, 2.75) is 32.8 Å². The van der Waals surface area contributed by atoms with Crippen molar-refractivity contribution < 1.29 is 9.53 Å². The Morgan fingerprint density at radius 2 is 2.06 bits per heavy atom. The molecule has 0 radical (unpaired) electrons. The van der Waals surface area contributed by atoms with Crippen LogP contribution in [0.15, 0.2) is 24.3 Å². The van der Waals surface area contributed by atoms with Gasteiger partial charge in [0.15, 0.2) is 0 Å². The van der Waals surface area contributed by atoms with E-state index in [4.69, 9.17) is 10.00 Å². The molecule has 0 saturated carbocycles. The predicted molar refractivity (Wildman–Crippen MR) is 60.5 cm³/mol. The van der Waals surface area contributed by atoms with Crippen LogP contribution in [-0.2, 0) is 22.6 Å². The molecule has 0 atom stereocenters. The van der Waals surface area contributed by atoms with E-state index in [1.54, 1.807) is 0 Å². The molecule has 1 aromatic rings. The van der Waals surface area contributed by atoms with Crippen LogP contribution >= 0.6 is 0 Å². The first-order valence-corrected chi connectivity index (χ1v) is 5.31. The highest BCUT2D eigenvalue weighted by Gasteiger charge is 2.03. The lowest BCUT2D eigenvalue weighted by atomic mass is 10.0. The molecule has 0 saturated heterocycles. The molecular formula is C13H15NO2. The molecule has 0 amide bonds. The van der Waals surface area contributed by atoms with Gasteiger partial charge in [-0.15, -0.1) is 0 Å². The van der Waals surface area contributed by atoms with Crippen molar-refractivity contribution in [3.8, 4) is 6.07 Å². The summed E-state index contributed by atoms with van der Waals surface area (Å²) in [5.41, 5.74) is 2.18. The second kappa shape index (κ2) is 6.62. The molecule has 1 rings (SSSR count). The third kappa shape index (κ3) is 4.14. The van der Waals surface area contributed by atoms with Crippen molar-refractivity contribution in [2.24, 2.45) is 0 Å². The molecule has 0 bridgehead atoms. The highest BCUT2D eigenvalue weighted by atomic mass is 16.5. The smallest absolute Gasteiger partial charge is 0.302 e.